The Morgan fingerprint density at radius 3 is 2.80 bits per heavy atom. The summed E-state index contributed by atoms with van der Waals surface area (Å²) in [6.45, 7) is 7.04. The normalized spacial score (nSPS) is 26.9. The number of rotatable bonds is 6. The third-order valence-corrected chi connectivity index (χ3v) is 4.64. The van der Waals surface area contributed by atoms with Crippen molar-refractivity contribution in [1.82, 2.24) is 4.90 Å². The highest BCUT2D eigenvalue weighted by atomic mass is 16.5. The van der Waals surface area contributed by atoms with E-state index in [2.05, 4.69) is 36.8 Å². The lowest BCUT2D eigenvalue weighted by atomic mass is 9.84. The third-order valence-electron chi connectivity index (χ3n) is 4.64. The Morgan fingerprint density at radius 2 is 2.05 bits per heavy atom. The molecule has 0 N–H and O–H groups in total. The second kappa shape index (κ2) is 7.80. The average Bonchev–Trinajstić information content (AvgIpc) is 2.85. The molecule has 0 aromatic rings. The standard InChI is InChI=1S/C18H29NO/c1-3-4-5-6-7-8-9-10-17-15-18(20-16-17)11-13-19(2)14-12-18/h3-5,7-8,17H,1,6,9-16H2,2H3/b5-4-,8-7-. The zero-order chi connectivity index (χ0) is 14.3. The van der Waals surface area contributed by atoms with E-state index in [1.165, 1.54) is 45.2 Å². The Hall–Kier alpha value is -0.860. The summed E-state index contributed by atoms with van der Waals surface area (Å²) in [5, 5.41) is 0. The second-order valence-electron chi connectivity index (χ2n) is 6.32. The number of nitrogens with zero attached hydrogens (tertiary/aromatic N) is 1. The topological polar surface area (TPSA) is 12.5 Å². The molecular weight excluding hydrogens is 246 g/mol. The molecule has 0 aliphatic carbocycles. The molecule has 0 amide bonds. The molecule has 112 valence electrons. The zero-order valence-corrected chi connectivity index (χ0v) is 12.9. The van der Waals surface area contributed by atoms with Gasteiger partial charge in [0.2, 0.25) is 0 Å². The molecule has 20 heavy (non-hydrogen) atoms. The van der Waals surface area contributed by atoms with Crippen molar-refractivity contribution in [2.75, 3.05) is 26.7 Å². The van der Waals surface area contributed by atoms with Crippen molar-refractivity contribution in [3.05, 3.63) is 37.0 Å². The average molecular weight is 275 g/mol. The molecule has 2 aliphatic heterocycles. The SMILES string of the molecule is C=C/C=C\C/C=C\CCC1COC2(CCN(C)CC2)C1. The summed E-state index contributed by atoms with van der Waals surface area (Å²) in [5.74, 6) is 0.770. The number of ether oxygens (including phenoxy) is 1. The van der Waals surface area contributed by atoms with Crippen molar-refractivity contribution in [2.24, 2.45) is 5.92 Å². The first kappa shape index (κ1) is 15.5. The smallest absolute Gasteiger partial charge is 0.0710 e. The minimum absolute atomic E-state index is 0.230. The molecule has 0 aromatic carbocycles. The van der Waals surface area contributed by atoms with Crippen molar-refractivity contribution in [3.8, 4) is 0 Å². The lowest BCUT2D eigenvalue weighted by Crippen LogP contribution is -2.42. The van der Waals surface area contributed by atoms with Gasteiger partial charge in [-0.15, -0.1) is 0 Å². The lowest BCUT2D eigenvalue weighted by molar-refractivity contribution is -0.0394. The summed E-state index contributed by atoms with van der Waals surface area (Å²) in [7, 11) is 2.21. The van der Waals surface area contributed by atoms with Crippen LogP contribution in [0.4, 0.5) is 0 Å². The Bertz CT molecular complexity index is 350. The van der Waals surface area contributed by atoms with Crippen LogP contribution in [0, 0.1) is 5.92 Å². The van der Waals surface area contributed by atoms with E-state index in [1.54, 1.807) is 0 Å². The fraction of sp³-hybridized carbons (Fsp3) is 0.667. The summed E-state index contributed by atoms with van der Waals surface area (Å²) in [4.78, 5) is 2.42. The lowest BCUT2D eigenvalue weighted by Gasteiger charge is -2.37. The van der Waals surface area contributed by atoms with E-state index in [4.69, 9.17) is 4.74 Å². The van der Waals surface area contributed by atoms with E-state index < -0.39 is 0 Å². The summed E-state index contributed by atoms with van der Waals surface area (Å²) >= 11 is 0. The molecule has 0 bridgehead atoms. The van der Waals surface area contributed by atoms with Gasteiger partial charge in [-0.25, -0.2) is 0 Å². The first-order valence-electron chi connectivity index (χ1n) is 7.99. The van der Waals surface area contributed by atoms with Gasteiger partial charge < -0.3 is 9.64 Å². The minimum atomic E-state index is 0.230. The van der Waals surface area contributed by atoms with Gasteiger partial charge in [0.05, 0.1) is 12.2 Å². The molecule has 0 aromatic heterocycles. The maximum Gasteiger partial charge on any atom is 0.0710 e. The number of likely N-dealkylation sites (tertiary alicyclic amines) is 1. The van der Waals surface area contributed by atoms with Crippen LogP contribution in [0.15, 0.2) is 37.0 Å². The van der Waals surface area contributed by atoms with E-state index in [1.807, 2.05) is 12.2 Å². The molecule has 1 unspecified atom stereocenters. The Labute approximate surface area is 124 Å². The maximum absolute atomic E-state index is 6.18. The zero-order valence-electron chi connectivity index (χ0n) is 12.9. The predicted octanol–water partition coefficient (Wildman–Crippen LogP) is 3.96. The maximum atomic E-state index is 6.18. The van der Waals surface area contributed by atoms with Gasteiger partial charge in [0.1, 0.15) is 0 Å². The number of hydrogen-bond donors (Lipinski definition) is 0. The molecule has 2 nitrogen and oxygen atoms in total. The highest BCUT2D eigenvalue weighted by molar-refractivity contribution is 5.01. The molecule has 2 saturated heterocycles. The fourth-order valence-electron chi connectivity index (χ4n) is 3.30. The van der Waals surface area contributed by atoms with Crippen LogP contribution in [-0.2, 0) is 4.74 Å². The third kappa shape index (κ3) is 4.60. The van der Waals surface area contributed by atoms with Crippen molar-refractivity contribution in [3.63, 3.8) is 0 Å². The summed E-state index contributed by atoms with van der Waals surface area (Å²) in [6.07, 6.45) is 17.7. The van der Waals surface area contributed by atoms with Crippen LogP contribution in [0.2, 0.25) is 0 Å². The Morgan fingerprint density at radius 1 is 1.25 bits per heavy atom. The second-order valence-corrected chi connectivity index (χ2v) is 6.32. The number of hydrogen-bond acceptors (Lipinski definition) is 2. The minimum Gasteiger partial charge on any atom is -0.375 e. The molecule has 2 heteroatoms. The summed E-state index contributed by atoms with van der Waals surface area (Å²) < 4.78 is 6.18. The van der Waals surface area contributed by atoms with Crippen LogP contribution >= 0.6 is 0 Å². The molecule has 2 fully saturated rings. The van der Waals surface area contributed by atoms with E-state index in [9.17, 15) is 0 Å². The molecule has 2 aliphatic rings. The van der Waals surface area contributed by atoms with Crippen molar-refractivity contribution < 1.29 is 4.74 Å². The quantitative estimate of drug-likeness (QED) is 0.537. The predicted molar refractivity (Wildman–Crippen MR) is 85.8 cm³/mol. The van der Waals surface area contributed by atoms with Crippen LogP contribution in [0.25, 0.3) is 0 Å². The summed E-state index contributed by atoms with van der Waals surface area (Å²) in [5.41, 5.74) is 0.230. The molecule has 1 atom stereocenters. The van der Waals surface area contributed by atoms with E-state index >= 15 is 0 Å². The molecular formula is C18H29NO. The largest absolute Gasteiger partial charge is 0.375 e. The molecule has 2 heterocycles. The molecule has 0 radical (unpaired) electrons. The Balaban J connectivity index is 1.64. The van der Waals surface area contributed by atoms with Crippen LogP contribution < -0.4 is 0 Å². The first-order chi connectivity index (χ1) is 9.74. The van der Waals surface area contributed by atoms with Crippen molar-refractivity contribution >= 4 is 0 Å². The van der Waals surface area contributed by atoms with Crippen LogP contribution in [-0.4, -0.2) is 37.2 Å². The molecule has 0 saturated carbocycles. The van der Waals surface area contributed by atoms with Gasteiger partial charge in [0.15, 0.2) is 0 Å². The highest BCUT2D eigenvalue weighted by Gasteiger charge is 2.41. The van der Waals surface area contributed by atoms with E-state index in [-0.39, 0.29) is 5.60 Å². The number of allylic oxidation sites excluding steroid dienone is 5. The molecule has 2 rings (SSSR count). The fourth-order valence-corrected chi connectivity index (χ4v) is 3.30. The van der Waals surface area contributed by atoms with Gasteiger partial charge in [-0.1, -0.05) is 37.0 Å². The molecule has 1 spiro atoms. The van der Waals surface area contributed by atoms with Gasteiger partial charge >= 0.3 is 0 Å². The van der Waals surface area contributed by atoms with Gasteiger partial charge in [0, 0.05) is 13.1 Å². The first-order valence-corrected chi connectivity index (χ1v) is 7.99. The van der Waals surface area contributed by atoms with E-state index in [0.29, 0.717) is 0 Å². The van der Waals surface area contributed by atoms with Crippen LogP contribution in [0.1, 0.15) is 38.5 Å². The Kier molecular flexibility index (Phi) is 6.06. The van der Waals surface area contributed by atoms with Crippen molar-refractivity contribution in [2.45, 2.75) is 44.1 Å². The van der Waals surface area contributed by atoms with Crippen LogP contribution in [0.5, 0.6) is 0 Å². The van der Waals surface area contributed by atoms with E-state index in [0.717, 1.165) is 18.9 Å². The van der Waals surface area contributed by atoms with Crippen LogP contribution in [0.3, 0.4) is 0 Å². The highest BCUT2D eigenvalue weighted by Crippen LogP contribution is 2.39. The van der Waals surface area contributed by atoms with Gasteiger partial charge in [0.25, 0.3) is 0 Å². The van der Waals surface area contributed by atoms with Gasteiger partial charge in [-0.05, 0) is 51.5 Å². The summed E-state index contributed by atoms with van der Waals surface area (Å²) in [6, 6.07) is 0. The van der Waals surface area contributed by atoms with Gasteiger partial charge in [-0.3, -0.25) is 0 Å². The number of piperidine rings is 1. The van der Waals surface area contributed by atoms with Gasteiger partial charge in [-0.2, -0.15) is 0 Å². The monoisotopic (exact) mass is 275 g/mol. The van der Waals surface area contributed by atoms with Crippen molar-refractivity contribution in [1.29, 1.82) is 0 Å².